The second-order valence-electron chi connectivity index (χ2n) is 2.84. The first kappa shape index (κ1) is 8.46. The lowest BCUT2D eigenvalue weighted by Crippen LogP contribution is -2.03. The van der Waals surface area contributed by atoms with E-state index in [2.05, 4.69) is 15.4 Å². The number of halogens is 3. The van der Waals surface area contributed by atoms with Gasteiger partial charge in [-0.05, 0) is 12.1 Å². The van der Waals surface area contributed by atoms with Gasteiger partial charge in [-0.2, -0.15) is 28.6 Å². The van der Waals surface area contributed by atoms with Crippen LogP contribution in [0.5, 0.6) is 0 Å². The van der Waals surface area contributed by atoms with Gasteiger partial charge in [-0.1, -0.05) is 12.1 Å². The molecule has 1 aromatic carbocycles. The lowest BCUT2D eigenvalue weighted by Gasteiger charge is -2.06. The van der Waals surface area contributed by atoms with E-state index in [1.807, 2.05) is 0 Å². The SMILES string of the molecule is [2H]c1cc(C(F)(F)F)ccc1-c1cn[nH]n1. The number of hydrogen-bond acceptors (Lipinski definition) is 2. The Morgan fingerprint density at radius 2 is 2.07 bits per heavy atom. The smallest absolute Gasteiger partial charge is 0.197 e. The summed E-state index contributed by atoms with van der Waals surface area (Å²) in [6.45, 7) is 0. The van der Waals surface area contributed by atoms with E-state index < -0.39 is 11.7 Å². The molecule has 0 fully saturated rings. The molecule has 0 aliphatic rings. The maximum Gasteiger partial charge on any atom is 0.416 e. The Labute approximate surface area is 84.3 Å². The second-order valence-corrected chi connectivity index (χ2v) is 2.84. The van der Waals surface area contributed by atoms with Crippen molar-refractivity contribution >= 4 is 0 Å². The maximum atomic E-state index is 12.3. The summed E-state index contributed by atoms with van der Waals surface area (Å²) in [6.07, 6.45) is -3.08. The van der Waals surface area contributed by atoms with E-state index in [1.165, 1.54) is 12.3 Å². The predicted molar refractivity (Wildman–Crippen MR) is 46.8 cm³/mol. The summed E-state index contributed by atoms with van der Waals surface area (Å²) in [5.41, 5.74) is -0.190. The molecule has 0 atom stereocenters. The van der Waals surface area contributed by atoms with Crippen LogP contribution in [0, 0.1) is 0 Å². The fourth-order valence-electron chi connectivity index (χ4n) is 1.09. The van der Waals surface area contributed by atoms with Crippen LogP contribution in [0.15, 0.2) is 30.4 Å². The van der Waals surface area contributed by atoms with Gasteiger partial charge in [0.15, 0.2) is 0 Å². The molecule has 0 aliphatic carbocycles. The number of nitrogens with one attached hydrogen (secondary N) is 1. The standard InChI is InChI=1S/C9H6F3N3/c10-9(11,12)7-3-1-6(2-4-7)8-5-13-15-14-8/h1-5H,(H,13,14,15)/i1D. The molecule has 0 amide bonds. The third kappa shape index (κ3) is 1.98. The summed E-state index contributed by atoms with van der Waals surface area (Å²) in [6, 6.07) is 2.67. The van der Waals surface area contributed by atoms with Gasteiger partial charge in [-0.3, -0.25) is 0 Å². The van der Waals surface area contributed by atoms with Gasteiger partial charge in [0.25, 0.3) is 0 Å². The van der Waals surface area contributed by atoms with Gasteiger partial charge >= 0.3 is 6.18 Å². The van der Waals surface area contributed by atoms with Crippen molar-refractivity contribution in [2.45, 2.75) is 6.18 Å². The fourth-order valence-corrected chi connectivity index (χ4v) is 1.09. The van der Waals surface area contributed by atoms with E-state index in [0.717, 1.165) is 12.1 Å². The highest BCUT2D eigenvalue weighted by atomic mass is 19.4. The molecule has 0 radical (unpaired) electrons. The molecule has 0 saturated carbocycles. The van der Waals surface area contributed by atoms with Crippen LogP contribution in [0.1, 0.15) is 6.93 Å². The molecule has 0 bridgehead atoms. The third-order valence-corrected chi connectivity index (χ3v) is 1.83. The minimum atomic E-state index is -4.43. The Hall–Kier alpha value is -1.85. The molecule has 2 aromatic rings. The number of nitrogens with zero attached hydrogens (tertiary/aromatic N) is 2. The van der Waals surface area contributed by atoms with Crippen molar-refractivity contribution in [2.24, 2.45) is 0 Å². The number of alkyl halides is 3. The van der Waals surface area contributed by atoms with Gasteiger partial charge in [-0.15, -0.1) is 0 Å². The monoisotopic (exact) mass is 214 g/mol. The maximum absolute atomic E-state index is 12.3. The van der Waals surface area contributed by atoms with Crippen LogP contribution in [0.25, 0.3) is 11.3 Å². The van der Waals surface area contributed by atoms with Crippen LogP contribution in [-0.2, 0) is 6.18 Å². The summed E-state index contributed by atoms with van der Waals surface area (Å²) >= 11 is 0. The quantitative estimate of drug-likeness (QED) is 0.792. The van der Waals surface area contributed by atoms with Crippen molar-refractivity contribution < 1.29 is 14.5 Å². The van der Waals surface area contributed by atoms with Crippen LogP contribution in [0.4, 0.5) is 13.2 Å². The van der Waals surface area contributed by atoms with Crippen LogP contribution < -0.4 is 0 Å². The van der Waals surface area contributed by atoms with Crippen molar-refractivity contribution in [3.8, 4) is 11.3 Å². The van der Waals surface area contributed by atoms with Gasteiger partial charge in [0.1, 0.15) is 5.69 Å². The highest BCUT2D eigenvalue weighted by molar-refractivity contribution is 5.57. The summed E-state index contributed by atoms with van der Waals surface area (Å²) in [4.78, 5) is 0. The van der Waals surface area contributed by atoms with Gasteiger partial charge in [0.05, 0.1) is 13.1 Å². The summed E-state index contributed by atoms with van der Waals surface area (Å²) < 4.78 is 44.5. The van der Waals surface area contributed by atoms with Gasteiger partial charge in [-0.25, -0.2) is 0 Å². The van der Waals surface area contributed by atoms with Crippen LogP contribution in [0.2, 0.25) is 0 Å². The molecule has 1 aromatic heterocycles. The number of aromatic amines is 1. The average molecular weight is 214 g/mol. The summed E-state index contributed by atoms with van der Waals surface area (Å²) in [7, 11) is 0. The molecule has 0 saturated heterocycles. The lowest BCUT2D eigenvalue weighted by atomic mass is 10.1. The van der Waals surface area contributed by atoms with Crippen molar-refractivity contribution in [1.82, 2.24) is 15.4 Å². The van der Waals surface area contributed by atoms with Crippen LogP contribution >= 0.6 is 0 Å². The van der Waals surface area contributed by atoms with E-state index in [0.29, 0.717) is 11.3 Å². The molecule has 0 unspecified atom stereocenters. The Bertz CT molecular complexity index is 493. The summed E-state index contributed by atoms with van der Waals surface area (Å²) in [5.74, 6) is 0. The molecule has 15 heavy (non-hydrogen) atoms. The molecular formula is C9H6F3N3. The van der Waals surface area contributed by atoms with Gasteiger partial charge in [0.2, 0.25) is 0 Å². The van der Waals surface area contributed by atoms with Crippen molar-refractivity contribution in [3.63, 3.8) is 0 Å². The lowest BCUT2D eigenvalue weighted by molar-refractivity contribution is -0.137. The van der Waals surface area contributed by atoms with E-state index in [1.54, 1.807) is 0 Å². The molecule has 78 valence electrons. The van der Waals surface area contributed by atoms with Gasteiger partial charge < -0.3 is 0 Å². The molecule has 6 heteroatoms. The number of hydrogen-bond donors (Lipinski definition) is 1. The second kappa shape index (κ2) is 3.38. The number of rotatable bonds is 1. The van der Waals surface area contributed by atoms with Gasteiger partial charge in [0, 0.05) is 5.56 Å². The van der Waals surface area contributed by atoms with Crippen molar-refractivity contribution in [3.05, 3.63) is 36.0 Å². The van der Waals surface area contributed by atoms with E-state index in [-0.39, 0.29) is 6.04 Å². The normalized spacial score (nSPS) is 12.6. The minimum absolute atomic E-state index is 0.233. The first-order valence-electron chi connectivity index (χ1n) is 4.52. The first-order chi connectivity index (χ1) is 7.48. The summed E-state index contributed by atoms with van der Waals surface area (Å²) in [5, 5.41) is 9.57. The highest BCUT2D eigenvalue weighted by Gasteiger charge is 2.29. The zero-order valence-electron chi connectivity index (χ0n) is 8.34. The molecule has 1 heterocycles. The van der Waals surface area contributed by atoms with Crippen molar-refractivity contribution in [2.75, 3.05) is 0 Å². The fraction of sp³-hybridized carbons (Fsp3) is 0.111. The van der Waals surface area contributed by atoms with E-state index in [4.69, 9.17) is 1.37 Å². The Balaban J connectivity index is 2.46. The average Bonchev–Trinajstić information content (AvgIpc) is 2.69. The van der Waals surface area contributed by atoms with E-state index >= 15 is 0 Å². The largest absolute Gasteiger partial charge is 0.416 e. The molecule has 0 aliphatic heterocycles. The van der Waals surface area contributed by atoms with Crippen LogP contribution in [0.3, 0.4) is 0 Å². The third-order valence-electron chi connectivity index (χ3n) is 1.83. The molecule has 1 N–H and O–H groups in total. The number of aromatic nitrogens is 3. The predicted octanol–water partition coefficient (Wildman–Crippen LogP) is 2.49. The molecule has 0 spiro atoms. The Kier molecular flexibility index (Phi) is 1.90. The molecule has 2 rings (SSSR count). The Morgan fingerprint density at radius 1 is 1.27 bits per heavy atom. The van der Waals surface area contributed by atoms with Crippen molar-refractivity contribution in [1.29, 1.82) is 0 Å². The first-order valence-corrected chi connectivity index (χ1v) is 4.02. The Morgan fingerprint density at radius 3 is 2.60 bits per heavy atom. The zero-order valence-corrected chi connectivity index (χ0v) is 7.34. The number of H-pyrrole nitrogens is 1. The molecular weight excluding hydrogens is 207 g/mol. The topological polar surface area (TPSA) is 41.6 Å². The van der Waals surface area contributed by atoms with E-state index in [9.17, 15) is 13.2 Å². The number of benzene rings is 1. The highest BCUT2D eigenvalue weighted by Crippen LogP contribution is 2.30. The minimum Gasteiger partial charge on any atom is -0.197 e. The molecule has 3 nitrogen and oxygen atoms in total. The zero-order chi connectivity index (χ0) is 11.8. The van der Waals surface area contributed by atoms with Crippen LogP contribution in [-0.4, -0.2) is 15.4 Å².